The number of fused-ring (bicyclic) bond motifs is 1. The summed E-state index contributed by atoms with van der Waals surface area (Å²) in [4.78, 5) is 16.3. The maximum atomic E-state index is 12.0. The number of nitrogens with zero attached hydrogens (tertiary/aromatic N) is 1. The van der Waals surface area contributed by atoms with Crippen LogP contribution in [0.15, 0.2) is 60.8 Å². The number of pyridine rings is 1. The van der Waals surface area contributed by atoms with Crippen molar-refractivity contribution in [1.82, 2.24) is 4.98 Å². The molecule has 2 aromatic carbocycles. The van der Waals surface area contributed by atoms with E-state index in [2.05, 4.69) is 10.3 Å². The highest BCUT2D eigenvalue weighted by Gasteiger charge is 2.07. The standard InChI is InChI=1S/C17H14N2O2/c20-16-6-2-1-4-13(16)11-17(21)19-14-7-8-15-12(10-14)5-3-9-18-15/h1-10,20H,11H2,(H,19,21). The summed E-state index contributed by atoms with van der Waals surface area (Å²) in [5.74, 6) is -0.0323. The smallest absolute Gasteiger partial charge is 0.228 e. The van der Waals surface area contributed by atoms with Gasteiger partial charge in [-0.1, -0.05) is 24.3 Å². The summed E-state index contributed by atoms with van der Waals surface area (Å²) in [5.41, 5.74) is 2.21. The molecule has 4 heteroatoms. The molecule has 21 heavy (non-hydrogen) atoms. The van der Waals surface area contributed by atoms with Crippen LogP contribution in [0.2, 0.25) is 0 Å². The largest absolute Gasteiger partial charge is 0.508 e. The second-order valence-corrected chi connectivity index (χ2v) is 4.76. The van der Waals surface area contributed by atoms with Crippen LogP contribution in [0.3, 0.4) is 0 Å². The third-order valence-corrected chi connectivity index (χ3v) is 3.23. The van der Waals surface area contributed by atoms with Crippen LogP contribution in [0.1, 0.15) is 5.56 Å². The van der Waals surface area contributed by atoms with E-state index >= 15 is 0 Å². The van der Waals surface area contributed by atoms with Gasteiger partial charge >= 0.3 is 0 Å². The molecule has 0 spiro atoms. The van der Waals surface area contributed by atoms with Crippen LogP contribution in [0.4, 0.5) is 5.69 Å². The van der Waals surface area contributed by atoms with E-state index in [-0.39, 0.29) is 18.1 Å². The van der Waals surface area contributed by atoms with Crippen molar-refractivity contribution in [3.63, 3.8) is 0 Å². The van der Waals surface area contributed by atoms with Crippen LogP contribution in [-0.4, -0.2) is 16.0 Å². The Kier molecular flexibility index (Phi) is 3.51. The van der Waals surface area contributed by atoms with Crippen molar-refractivity contribution in [2.45, 2.75) is 6.42 Å². The number of para-hydroxylation sites is 1. The van der Waals surface area contributed by atoms with E-state index in [1.807, 2.05) is 30.3 Å². The van der Waals surface area contributed by atoms with Gasteiger partial charge in [0.25, 0.3) is 0 Å². The Labute approximate surface area is 122 Å². The van der Waals surface area contributed by atoms with Crippen LogP contribution in [0.5, 0.6) is 5.75 Å². The summed E-state index contributed by atoms with van der Waals surface area (Å²) in [6, 6.07) is 16.2. The van der Waals surface area contributed by atoms with Crippen LogP contribution in [0.25, 0.3) is 10.9 Å². The minimum Gasteiger partial charge on any atom is -0.508 e. The van der Waals surface area contributed by atoms with Gasteiger partial charge in [0, 0.05) is 22.8 Å². The van der Waals surface area contributed by atoms with Crippen LogP contribution >= 0.6 is 0 Å². The van der Waals surface area contributed by atoms with E-state index in [0.717, 1.165) is 16.6 Å². The van der Waals surface area contributed by atoms with Gasteiger partial charge in [-0.2, -0.15) is 0 Å². The Morgan fingerprint density at radius 3 is 2.81 bits per heavy atom. The molecule has 1 amide bonds. The number of amides is 1. The molecular formula is C17H14N2O2. The summed E-state index contributed by atoms with van der Waals surface area (Å²) in [6.07, 6.45) is 1.87. The maximum absolute atomic E-state index is 12.0. The fourth-order valence-corrected chi connectivity index (χ4v) is 2.19. The average Bonchev–Trinajstić information content (AvgIpc) is 2.49. The molecule has 3 aromatic rings. The van der Waals surface area contributed by atoms with Gasteiger partial charge in [-0.3, -0.25) is 9.78 Å². The van der Waals surface area contributed by atoms with Gasteiger partial charge in [-0.15, -0.1) is 0 Å². The fourth-order valence-electron chi connectivity index (χ4n) is 2.19. The third kappa shape index (κ3) is 3.00. The molecule has 0 unspecified atom stereocenters. The van der Waals surface area contributed by atoms with Gasteiger partial charge in [-0.05, 0) is 30.3 Å². The molecule has 0 fully saturated rings. The highest BCUT2D eigenvalue weighted by molar-refractivity contribution is 5.95. The summed E-state index contributed by atoms with van der Waals surface area (Å²) in [5, 5.41) is 13.5. The number of hydrogen-bond donors (Lipinski definition) is 2. The molecule has 0 aliphatic rings. The number of rotatable bonds is 3. The molecule has 1 aromatic heterocycles. The lowest BCUT2D eigenvalue weighted by Gasteiger charge is -2.07. The molecule has 0 saturated heterocycles. The third-order valence-electron chi connectivity index (χ3n) is 3.23. The maximum Gasteiger partial charge on any atom is 0.228 e. The lowest BCUT2D eigenvalue weighted by Crippen LogP contribution is -2.14. The highest BCUT2D eigenvalue weighted by atomic mass is 16.3. The van der Waals surface area contributed by atoms with E-state index in [0.29, 0.717) is 5.56 Å². The van der Waals surface area contributed by atoms with Crippen molar-refractivity contribution in [1.29, 1.82) is 0 Å². The average molecular weight is 278 g/mol. The molecule has 4 nitrogen and oxygen atoms in total. The Bertz CT molecular complexity index is 799. The zero-order valence-corrected chi connectivity index (χ0v) is 11.3. The zero-order chi connectivity index (χ0) is 14.7. The number of benzene rings is 2. The molecule has 2 N–H and O–H groups in total. The Morgan fingerprint density at radius 1 is 1.10 bits per heavy atom. The monoisotopic (exact) mass is 278 g/mol. The topological polar surface area (TPSA) is 62.2 Å². The van der Waals surface area contributed by atoms with Gasteiger partial charge in [0.15, 0.2) is 0 Å². The number of anilines is 1. The van der Waals surface area contributed by atoms with E-state index < -0.39 is 0 Å². The van der Waals surface area contributed by atoms with Gasteiger partial charge in [0.05, 0.1) is 11.9 Å². The first-order chi connectivity index (χ1) is 10.2. The number of aromatic hydroxyl groups is 1. The summed E-state index contributed by atoms with van der Waals surface area (Å²) >= 11 is 0. The molecule has 0 radical (unpaired) electrons. The van der Waals surface area contributed by atoms with E-state index in [1.54, 1.807) is 30.5 Å². The number of nitrogens with one attached hydrogen (secondary N) is 1. The first-order valence-electron chi connectivity index (χ1n) is 6.64. The van der Waals surface area contributed by atoms with Crippen LogP contribution < -0.4 is 5.32 Å². The molecule has 0 bridgehead atoms. The second-order valence-electron chi connectivity index (χ2n) is 4.76. The van der Waals surface area contributed by atoms with Gasteiger partial charge < -0.3 is 10.4 Å². The van der Waals surface area contributed by atoms with Crippen molar-refractivity contribution >= 4 is 22.5 Å². The quantitative estimate of drug-likeness (QED) is 0.773. The number of aromatic nitrogens is 1. The Morgan fingerprint density at radius 2 is 1.95 bits per heavy atom. The number of phenolic OH excluding ortho intramolecular Hbond substituents is 1. The van der Waals surface area contributed by atoms with Gasteiger partial charge in [0.1, 0.15) is 5.75 Å². The molecule has 1 heterocycles. The summed E-state index contributed by atoms with van der Waals surface area (Å²) < 4.78 is 0. The van der Waals surface area contributed by atoms with Crippen LogP contribution in [-0.2, 0) is 11.2 Å². The van der Waals surface area contributed by atoms with E-state index in [4.69, 9.17) is 0 Å². The van der Waals surface area contributed by atoms with Gasteiger partial charge in [0.2, 0.25) is 5.91 Å². The lowest BCUT2D eigenvalue weighted by molar-refractivity contribution is -0.115. The SMILES string of the molecule is O=C(Cc1ccccc1O)Nc1ccc2ncccc2c1. The summed E-state index contributed by atoms with van der Waals surface area (Å²) in [7, 11) is 0. The predicted octanol–water partition coefficient (Wildman–Crippen LogP) is 3.12. The first-order valence-corrected chi connectivity index (χ1v) is 6.64. The van der Waals surface area contributed by atoms with Crippen LogP contribution in [0, 0.1) is 0 Å². The number of carbonyl (C=O) groups is 1. The van der Waals surface area contributed by atoms with Crippen molar-refractivity contribution in [3.05, 3.63) is 66.4 Å². The van der Waals surface area contributed by atoms with Crippen molar-refractivity contribution in [2.24, 2.45) is 0 Å². The minimum absolute atomic E-state index is 0.135. The van der Waals surface area contributed by atoms with E-state index in [9.17, 15) is 9.90 Å². The molecular weight excluding hydrogens is 264 g/mol. The van der Waals surface area contributed by atoms with Gasteiger partial charge in [-0.25, -0.2) is 0 Å². The normalized spacial score (nSPS) is 10.5. The van der Waals surface area contributed by atoms with Crippen molar-refractivity contribution in [2.75, 3.05) is 5.32 Å². The Balaban J connectivity index is 1.75. The lowest BCUT2D eigenvalue weighted by atomic mass is 10.1. The Hall–Kier alpha value is -2.88. The number of phenols is 1. The second kappa shape index (κ2) is 5.63. The zero-order valence-electron chi connectivity index (χ0n) is 11.3. The van der Waals surface area contributed by atoms with Crippen molar-refractivity contribution < 1.29 is 9.90 Å². The first kappa shape index (κ1) is 13.1. The highest BCUT2D eigenvalue weighted by Crippen LogP contribution is 2.19. The minimum atomic E-state index is -0.167. The fraction of sp³-hybridized carbons (Fsp3) is 0.0588. The van der Waals surface area contributed by atoms with E-state index in [1.165, 1.54) is 0 Å². The number of carbonyl (C=O) groups excluding carboxylic acids is 1. The molecule has 104 valence electrons. The molecule has 0 aliphatic heterocycles. The molecule has 0 aliphatic carbocycles. The molecule has 0 saturated carbocycles. The van der Waals surface area contributed by atoms with Crippen molar-refractivity contribution in [3.8, 4) is 5.75 Å². The molecule has 0 atom stereocenters. The predicted molar refractivity (Wildman–Crippen MR) is 82.2 cm³/mol. The molecule has 3 rings (SSSR count). The number of hydrogen-bond acceptors (Lipinski definition) is 3. The summed E-state index contributed by atoms with van der Waals surface area (Å²) in [6.45, 7) is 0.